The number of nitrogens with one attached hydrogen (secondary N) is 3. The summed E-state index contributed by atoms with van der Waals surface area (Å²) in [6.07, 6.45) is 2.05. The monoisotopic (exact) mass is 419 g/mol. The first kappa shape index (κ1) is 22.5. The third kappa shape index (κ3) is 6.96. The summed E-state index contributed by atoms with van der Waals surface area (Å²) >= 11 is 0. The summed E-state index contributed by atoms with van der Waals surface area (Å²) in [4.78, 5) is 24.3. The van der Waals surface area contributed by atoms with E-state index in [4.69, 9.17) is 9.47 Å². The Morgan fingerprint density at radius 3 is 2.62 bits per heavy atom. The Labute approximate surface area is 176 Å². The number of carbonyl (C=O) groups is 2. The lowest BCUT2D eigenvalue weighted by molar-refractivity contribution is -0.118. The molecule has 0 radical (unpaired) electrons. The van der Waals surface area contributed by atoms with E-state index in [0.29, 0.717) is 22.7 Å². The zero-order valence-electron chi connectivity index (χ0n) is 16.3. The first-order valence-corrected chi connectivity index (χ1v) is 9.32. The van der Waals surface area contributed by atoms with Crippen molar-refractivity contribution in [3.8, 4) is 11.5 Å². The predicted octanol–water partition coefficient (Wildman–Crippen LogP) is 2.62. The van der Waals surface area contributed by atoms with Crippen molar-refractivity contribution in [2.24, 2.45) is 0 Å². The van der Waals surface area contributed by atoms with Crippen LogP contribution in [0, 0.1) is 0 Å². The highest BCUT2D eigenvalue weighted by Crippen LogP contribution is 2.17. The first-order chi connectivity index (χ1) is 13.6. The molecule has 29 heavy (non-hydrogen) atoms. The molecule has 7 nitrogen and oxygen atoms in total. The van der Waals surface area contributed by atoms with Crippen molar-refractivity contribution in [1.82, 2.24) is 10.6 Å². The van der Waals surface area contributed by atoms with Gasteiger partial charge in [-0.3, -0.25) is 9.59 Å². The van der Waals surface area contributed by atoms with E-state index < -0.39 is 0 Å². The van der Waals surface area contributed by atoms with E-state index in [1.807, 2.05) is 0 Å². The quantitative estimate of drug-likeness (QED) is 0.642. The molecule has 1 saturated heterocycles. The summed E-state index contributed by atoms with van der Waals surface area (Å²) in [7, 11) is 1.57. The molecular formula is C21H26ClN3O4. The van der Waals surface area contributed by atoms with Gasteiger partial charge >= 0.3 is 0 Å². The van der Waals surface area contributed by atoms with Crippen molar-refractivity contribution in [2.75, 3.05) is 32.1 Å². The van der Waals surface area contributed by atoms with Gasteiger partial charge in [-0.05, 0) is 55.8 Å². The van der Waals surface area contributed by atoms with Gasteiger partial charge in [0.15, 0.2) is 6.61 Å². The predicted molar refractivity (Wildman–Crippen MR) is 114 cm³/mol. The highest BCUT2D eigenvalue weighted by atomic mass is 35.5. The number of halogens is 1. The first-order valence-electron chi connectivity index (χ1n) is 9.32. The van der Waals surface area contributed by atoms with Gasteiger partial charge in [-0.2, -0.15) is 0 Å². The van der Waals surface area contributed by atoms with Crippen molar-refractivity contribution < 1.29 is 19.1 Å². The molecular weight excluding hydrogens is 394 g/mol. The summed E-state index contributed by atoms with van der Waals surface area (Å²) in [6, 6.07) is 14.0. The minimum Gasteiger partial charge on any atom is -0.497 e. The van der Waals surface area contributed by atoms with Crippen LogP contribution in [-0.2, 0) is 4.79 Å². The molecule has 2 amide bonds. The Hall–Kier alpha value is -2.77. The van der Waals surface area contributed by atoms with Gasteiger partial charge in [0.05, 0.1) is 7.11 Å². The number of rotatable bonds is 7. The summed E-state index contributed by atoms with van der Waals surface area (Å²) in [5.41, 5.74) is 1.20. The molecule has 1 fully saturated rings. The van der Waals surface area contributed by atoms with E-state index in [0.717, 1.165) is 25.9 Å². The van der Waals surface area contributed by atoms with Crippen LogP contribution < -0.4 is 25.4 Å². The van der Waals surface area contributed by atoms with E-state index in [2.05, 4.69) is 16.0 Å². The molecule has 1 aliphatic heterocycles. The lowest BCUT2D eigenvalue weighted by Gasteiger charge is -2.23. The molecule has 0 spiro atoms. The second-order valence-corrected chi connectivity index (χ2v) is 6.61. The molecule has 8 heteroatoms. The van der Waals surface area contributed by atoms with Crippen LogP contribution in [0.1, 0.15) is 23.2 Å². The Morgan fingerprint density at radius 1 is 1.14 bits per heavy atom. The molecule has 156 valence electrons. The molecule has 2 aromatic carbocycles. The van der Waals surface area contributed by atoms with Crippen LogP contribution >= 0.6 is 12.4 Å². The van der Waals surface area contributed by atoms with Crippen molar-refractivity contribution in [3.05, 3.63) is 54.1 Å². The van der Waals surface area contributed by atoms with Crippen molar-refractivity contribution in [2.45, 2.75) is 18.9 Å². The lowest BCUT2D eigenvalue weighted by atomic mass is 10.1. The third-order valence-corrected chi connectivity index (χ3v) is 4.47. The molecule has 1 atom stereocenters. The van der Waals surface area contributed by atoms with Gasteiger partial charge in [0.1, 0.15) is 11.5 Å². The maximum Gasteiger partial charge on any atom is 0.262 e. The average Bonchev–Trinajstić information content (AvgIpc) is 2.73. The van der Waals surface area contributed by atoms with E-state index in [1.54, 1.807) is 55.6 Å². The molecule has 0 bridgehead atoms. The molecule has 3 N–H and O–H groups in total. The SMILES string of the molecule is COc1cccc(NC(=O)COc2ccc(C(=O)N[C@H]3CCCNC3)cc2)c1.Cl. The smallest absolute Gasteiger partial charge is 0.262 e. The average molecular weight is 420 g/mol. The number of carbonyl (C=O) groups excluding carboxylic acids is 2. The largest absolute Gasteiger partial charge is 0.497 e. The fourth-order valence-electron chi connectivity index (χ4n) is 2.99. The topological polar surface area (TPSA) is 88.7 Å². The zero-order chi connectivity index (χ0) is 19.8. The van der Waals surface area contributed by atoms with Crippen molar-refractivity contribution in [3.63, 3.8) is 0 Å². The number of ether oxygens (including phenoxy) is 2. The molecule has 0 aliphatic carbocycles. The number of methoxy groups -OCH3 is 1. The molecule has 0 aromatic heterocycles. The van der Waals surface area contributed by atoms with Gasteiger partial charge < -0.3 is 25.4 Å². The van der Waals surface area contributed by atoms with Gasteiger partial charge in [0.25, 0.3) is 11.8 Å². The molecule has 3 rings (SSSR count). The van der Waals surface area contributed by atoms with Crippen molar-refractivity contribution >= 4 is 29.9 Å². The Kier molecular flexibility index (Phi) is 8.76. The van der Waals surface area contributed by atoms with Gasteiger partial charge in [-0.1, -0.05) is 6.07 Å². The van der Waals surface area contributed by atoms with Crippen LogP contribution in [0.15, 0.2) is 48.5 Å². The van der Waals surface area contributed by atoms with Crippen LogP contribution in [0.5, 0.6) is 11.5 Å². The molecule has 2 aromatic rings. The fourth-order valence-corrected chi connectivity index (χ4v) is 2.99. The van der Waals surface area contributed by atoms with E-state index in [9.17, 15) is 9.59 Å². The molecule has 0 saturated carbocycles. The molecule has 1 aliphatic rings. The summed E-state index contributed by atoms with van der Waals surface area (Å²) in [5, 5.41) is 9.05. The van der Waals surface area contributed by atoms with Crippen LogP contribution in [0.3, 0.4) is 0 Å². The maximum atomic E-state index is 12.3. The van der Waals surface area contributed by atoms with Gasteiger partial charge in [0, 0.05) is 29.9 Å². The normalized spacial score (nSPS) is 15.6. The minimum atomic E-state index is -0.278. The van der Waals surface area contributed by atoms with Crippen LogP contribution in [0.2, 0.25) is 0 Å². The van der Waals surface area contributed by atoms with E-state index >= 15 is 0 Å². The molecule has 0 unspecified atom stereocenters. The highest BCUT2D eigenvalue weighted by Gasteiger charge is 2.16. The number of hydrogen-bond acceptors (Lipinski definition) is 5. The zero-order valence-corrected chi connectivity index (χ0v) is 17.1. The van der Waals surface area contributed by atoms with Crippen LogP contribution in [0.25, 0.3) is 0 Å². The minimum absolute atomic E-state index is 0. The number of benzene rings is 2. The molecule has 1 heterocycles. The Bertz CT molecular complexity index is 808. The van der Waals surface area contributed by atoms with Gasteiger partial charge in [-0.15, -0.1) is 12.4 Å². The van der Waals surface area contributed by atoms with Crippen LogP contribution in [-0.4, -0.2) is 44.7 Å². The van der Waals surface area contributed by atoms with E-state index in [1.165, 1.54) is 0 Å². The number of piperidine rings is 1. The number of anilines is 1. The number of amides is 2. The van der Waals surface area contributed by atoms with Crippen molar-refractivity contribution in [1.29, 1.82) is 0 Å². The Balaban J connectivity index is 0.00000300. The second kappa shape index (κ2) is 11.3. The second-order valence-electron chi connectivity index (χ2n) is 6.61. The highest BCUT2D eigenvalue weighted by molar-refractivity contribution is 5.94. The number of hydrogen-bond donors (Lipinski definition) is 3. The maximum absolute atomic E-state index is 12.3. The van der Waals surface area contributed by atoms with Crippen LogP contribution in [0.4, 0.5) is 5.69 Å². The van der Waals surface area contributed by atoms with Gasteiger partial charge in [-0.25, -0.2) is 0 Å². The summed E-state index contributed by atoms with van der Waals surface area (Å²) < 4.78 is 10.6. The third-order valence-electron chi connectivity index (χ3n) is 4.47. The standard InChI is InChI=1S/C21H25N3O4.ClH/c1-27-19-6-2-4-16(12-19)23-20(25)14-28-18-9-7-15(8-10-18)21(26)24-17-5-3-11-22-13-17;/h2,4,6-10,12,17,22H,3,5,11,13-14H2,1H3,(H,23,25)(H,24,26);1H/t17-;/m0./s1. The van der Waals surface area contributed by atoms with Gasteiger partial charge in [0.2, 0.25) is 0 Å². The summed E-state index contributed by atoms with van der Waals surface area (Å²) in [5.74, 6) is 0.809. The lowest BCUT2D eigenvalue weighted by Crippen LogP contribution is -2.45. The Morgan fingerprint density at radius 2 is 1.93 bits per heavy atom. The summed E-state index contributed by atoms with van der Waals surface area (Å²) in [6.45, 7) is 1.68. The fraction of sp³-hybridized carbons (Fsp3) is 0.333. The van der Waals surface area contributed by atoms with E-state index in [-0.39, 0.29) is 36.9 Å².